The standard InChI is InChI=1S/C24H29FN4O2/c1-24(2,3)16-7-9-17(10-8-16)29-14-15-12-20(21(31-4)13-19(15)28-29)27-23(30)22-18(25)6-5-11-26-22/h5-6,11-14,16-17H,7-10H2,1-4H3,(H,27,30). The van der Waals surface area contributed by atoms with E-state index in [9.17, 15) is 9.18 Å². The second-order valence-electron chi connectivity index (χ2n) is 9.38. The van der Waals surface area contributed by atoms with Gasteiger partial charge >= 0.3 is 0 Å². The molecule has 31 heavy (non-hydrogen) atoms. The van der Waals surface area contributed by atoms with E-state index in [1.54, 1.807) is 6.07 Å². The van der Waals surface area contributed by atoms with E-state index in [0.29, 0.717) is 22.9 Å². The van der Waals surface area contributed by atoms with Crippen molar-refractivity contribution in [3.8, 4) is 5.75 Å². The molecule has 1 aliphatic carbocycles. The van der Waals surface area contributed by atoms with E-state index in [0.717, 1.165) is 29.7 Å². The molecule has 2 aromatic heterocycles. The highest BCUT2D eigenvalue weighted by molar-refractivity contribution is 6.05. The topological polar surface area (TPSA) is 69.0 Å². The van der Waals surface area contributed by atoms with Crippen LogP contribution in [0.3, 0.4) is 0 Å². The van der Waals surface area contributed by atoms with Crippen LogP contribution in [-0.2, 0) is 0 Å². The summed E-state index contributed by atoms with van der Waals surface area (Å²) in [5.74, 6) is -0.0797. The third-order valence-electron chi connectivity index (χ3n) is 6.36. The quantitative estimate of drug-likeness (QED) is 0.591. The van der Waals surface area contributed by atoms with E-state index in [4.69, 9.17) is 9.84 Å². The molecule has 1 amide bonds. The molecule has 3 aromatic rings. The summed E-state index contributed by atoms with van der Waals surface area (Å²) in [6.07, 6.45) is 8.02. The van der Waals surface area contributed by atoms with Crippen LogP contribution in [0.4, 0.5) is 10.1 Å². The fourth-order valence-electron chi connectivity index (χ4n) is 4.47. The number of hydrogen-bond acceptors (Lipinski definition) is 4. The van der Waals surface area contributed by atoms with Crippen molar-refractivity contribution in [3.05, 3.63) is 48.2 Å². The van der Waals surface area contributed by atoms with Gasteiger partial charge in [-0.25, -0.2) is 9.37 Å². The Morgan fingerprint density at radius 1 is 1.23 bits per heavy atom. The summed E-state index contributed by atoms with van der Waals surface area (Å²) in [7, 11) is 1.53. The fourth-order valence-corrected chi connectivity index (χ4v) is 4.47. The summed E-state index contributed by atoms with van der Waals surface area (Å²) in [5, 5.41) is 8.39. The Morgan fingerprint density at radius 2 is 1.97 bits per heavy atom. The number of halogens is 1. The third-order valence-corrected chi connectivity index (χ3v) is 6.36. The molecular weight excluding hydrogens is 395 g/mol. The Hall–Kier alpha value is -2.96. The number of pyridine rings is 1. The molecule has 0 bridgehead atoms. The van der Waals surface area contributed by atoms with Gasteiger partial charge in [0.2, 0.25) is 0 Å². The van der Waals surface area contributed by atoms with Crippen molar-refractivity contribution in [2.45, 2.75) is 52.5 Å². The Labute approximate surface area is 181 Å². The number of aromatic nitrogens is 3. The molecule has 6 nitrogen and oxygen atoms in total. The van der Waals surface area contributed by atoms with Crippen LogP contribution in [0.2, 0.25) is 0 Å². The summed E-state index contributed by atoms with van der Waals surface area (Å²) in [6.45, 7) is 6.96. The van der Waals surface area contributed by atoms with Crippen LogP contribution in [0.5, 0.6) is 5.75 Å². The minimum atomic E-state index is -0.668. The van der Waals surface area contributed by atoms with Gasteiger partial charge in [0.1, 0.15) is 5.75 Å². The van der Waals surface area contributed by atoms with Crippen molar-refractivity contribution in [2.75, 3.05) is 12.4 Å². The van der Waals surface area contributed by atoms with E-state index >= 15 is 0 Å². The van der Waals surface area contributed by atoms with E-state index in [2.05, 4.69) is 31.1 Å². The molecule has 1 aliphatic rings. The first-order valence-corrected chi connectivity index (χ1v) is 10.7. The van der Waals surface area contributed by atoms with Gasteiger partial charge in [-0.3, -0.25) is 9.48 Å². The van der Waals surface area contributed by atoms with Crippen molar-refractivity contribution >= 4 is 22.5 Å². The van der Waals surface area contributed by atoms with Crippen molar-refractivity contribution in [1.82, 2.24) is 14.8 Å². The number of carbonyl (C=O) groups excluding carboxylic acids is 1. The number of nitrogens with zero attached hydrogens (tertiary/aromatic N) is 3. The Kier molecular flexibility index (Phi) is 5.69. The zero-order valence-corrected chi connectivity index (χ0v) is 18.5. The molecule has 0 aliphatic heterocycles. The van der Waals surface area contributed by atoms with Gasteiger partial charge in [0.05, 0.1) is 24.4 Å². The highest BCUT2D eigenvalue weighted by Gasteiger charge is 2.30. The first-order valence-electron chi connectivity index (χ1n) is 10.7. The van der Waals surface area contributed by atoms with Crippen LogP contribution in [0, 0.1) is 17.2 Å². The maximum atomic E-state index is 13.9. The molecule has 0 unspecified atom stereocenters. The lowest BCUT2D eigenvalue weighted by Crippen LogP contribution is -2.27. The van der Waals surface area contributed by atoms with Gasteiger partial charge < -0.3 is 10.1 Å². The number of ether oxygens (including phenoxy) is 1. The number of methoxy groups -OCH3 is 1. The lowest BCUT2D eigenvalue weighted by molar-refractivity contribution is 0.101. The second kappa shape index (κ2) is 8.29. The van der Waals surface area contributed by atoms with Crippen LogP contribution >= 0.6 is 0 Å². The second-order valence-corrected chi connectivity index (χ2v) is 9.38. The van der Waals surface area contributed by atoms with Crippen molar-refractivity contribution in [2.24, 2.45) is 11.3 Å². The molecule has 1 aromatic carbocycles. The molecule has 0 radical (unpaired) electrons. The Bertz CT molecular complexity index is 1090. The van der Waals surface area contributed by atoms with Gasteiger partial charge in [-0.15, -0.1) is 0 Å². The molecule has 7 heteroatoms. The zero-order valence-electron chi connectivity index (χ0n) is 18.5. The van der Waals surface area contributed by atoms with Crippen LogP contribution < -0.4 is 10.1 Å². The van der Waals surface area contributed by atoms with Crippen molar-refractivity contribution in [1.29, 1.82) is 0 Å². The SMILES string of the molecule is COc1cc2nn(C3CCC(C(C)(C)C)CC3)cc2cc1NC(=O)c1ncccc1F. The molecule has 1 fully saturated rings. The van der Waals surface area contributed by atoms with Crippen molar-refractivity contribution < 1.29 is 13.9 Å². The number of carbonyl (C=O) groups is 1. The van der Waals surface area contributed by atoms with E-state index in [1.807, 2.05) is 16.9 Å². The summed E-state index contributed by atoms with van der Waals surface area (Å²) >= 11 is 0. The normalized spacial score (nSPS) is 19.4. The smallest absolute Gasteiger partial charge is 0.277 e. The lowest BCUT2D eigenvalue weighted by atomic mass is 9.71. The summed E-state index contributed by atoms with van der Waals surface area (Å²) in [6, 6.07) is 6.65. The monoisotopic (exact) mass is 424 g/mol. The van der Waals surface area contributed by atoms with E-state index in [1.165, 1.54) is 38.3 Å². The van der Waals surface area contributed by atoms with Gasteiger partial charge in [0.25, 0.3) is 5.91 Å². The number of amides is 1. The molecule has 0 spiro atoms. The molecule has 4 rings (SSSR count). The highest BCUT2D eigenvalue weighted by Crippen LogP contribution is 2.41. The molecule has 1 saturated carbocycles. The van der Waals surface area contributed by atoms with Crippen molar-refractivity contribution in [3.63, 3.8) is 0 Å². The maximum Gasteiger partial charge on any atom is 0.277 e. The van der Waals surface area contributed by atoms with Crippen LogP contribution in [0.15, 0.2) is 36.7 Å². The minimum Gasteiger partial charge on any atom is -0.494 e. The predicted molar refractivity (Wildman–Crippen MR) is 119 cm³/mol. The number of fused-ring (bicyclic) bond motifs is 1. The van der Waals surface area contributed by atoms with Crippen LogP contribution in [0.1, 0.15) is 63.0 Å². The van der Waals surface area contributed by atoms with Gasteiger partial charge in [-0.05, 0) is 55.2 Å². The number of rotatable bonds is 4. The first-order chi connectivity index (χ1) is 14.8. The molecule has 164 valence electrons. The fraction of sp³-hybridized carbons (Fsp3) is 0.458. The van der Waals surface area contributed by atoms with E-state index in [-0.39, 0.29) is 5.69 Å². The molecule has 1 N–H and O–H groups in total. The van der Waals surface area contributed by atoms with Crippen LogP contribution in [-0.4, -0.2) is 27.8 Å². The van der Waals surface area contributed by atoms with Gasteiger partial charge in [-0.1, -0.05) is 20.8 Å². The summed E-state index contributed by atoms with van der Waals surface area (Å²) in [4.78, 5) is 16.3. The molecule has 0 saturated heterocycles. The lowest BCUT2D eigenvalue weighted by Gasteiger charge is -2.37. The minimum absolute atomic E-state index is 0.254. The highest BCUT2D eigenvalue weighted by atomic mass is 19.1. The Balaban J connectivity index is 1.57. The summed E-state index contributed by atoms with van der Waals surface area (Å²) in [5.41, 5.74) is 1.35. The van der Waals surface area contributed by atoms with Gasteiger partial charge in [0, 0.05) is 23.8 Å². The average Bonchev–Trinajstić information content (AvgIpc) is 3.15. The van der Waals surface area contributed by atoms with Gasteiger partial charge in [0.15, 0.2) is 11.5 Å². The predicted octanol–water partition coefficient (Wildman–Crippen LogP) is 5.61. The molecule has 2 heterocycles. The number of hydrogen-bond donors (Lipinski definition) is 1. The van der Waals surface area contributed by atoms with E-state index < -0.39 is 11.7 Å². The number of benzene rings is 1. The number of anilines is 1. The van der Waals surface area contributed by atoms with Crippen LogP contribution in [0.25, 0.3) is 10.9 Å². The average molecular weight is 425 g/mol. The Morgan fingerprint density at radius 3 is 2.61 bits per heavy atom. The van der Waals surface area contributed by atoms with Gasteiger partial charge in [-0.2, -0.15) is 5.10 Å². The first kappa shape index (κ1) is 21.3. The largest absolute Gasteiger partial charge is 0.494 e. The molecule has 0 atom stereocenters. The maximum absolute atomic E-state index is 13.9. The zero-order chi connectivity index (χ0) is 22.2. The molecular formula is C24H29FN4O2. The third kappa shape index (κ3) is 4.40. The number of nitrogens with one attached hydrogen (secondary N) is 1. The summed E-state index contributed by atoms with van der Waals surface area (Å²) < 4.78 is 21.4.